The van der Waals surface area contributed by atoms with Gasteiger partial charge in [0.25, 0.3) is 0 Å². The van der Waals surface area contributed by atoms with Gasteiger partial charge in [0.2, 0.25) is 6.41 Å². The number of benzene rings is 2. The van der Waals surface area contributed by atoms with E-state index >= 15 is 4.39 Å². The molecule has 0 bridgehead atoms. The van der Waals surface area contributed by atoms with Gasteiger partial charge in [-0.25, -0.2) is 8.78 Å². The molecule has 3 N–H and O–H groups in total. The second kappa shape index (κ2) is 7.54. The van der Waals surface area contributed by atoms with Gasteiger partial charge in [-0.15, -0.1) is 0 Å². The second-order valence-corrected chi connectivity index (χ2v) is 7.19. The van der Waals surface area contributed by atoms with Crippen molar-refractivity contribution < 1.29 is 18.7 Å². The molecule has 9 heteroatoms. The van der Waals surface area contributed by atoms with Crippen molar-refractivity contribution in [2.45, 2.75) is 6.17 Å². The van der Waals surface area contributed by atoms with E-state index in [9.17, 15) is 14.3 Å². The third kappa shape index (κ3) is 3.17. The fourth-order valence-corrected chi connectivity index (χ4v) is 4.09. The van der Waals surface area contributed by atoms with Crippen LogP contribution in [0.4, 0.5) is 14.5 Å². The largest absolute Gasteiger partial charge is 0.507 e. The number of nitrogens with zero attached hydrogens (tertiary/aromatic N) is 2. The first-order valence-electron chi connectivity index (χ1n) is 8.91. The van der Waals surface area contributed by atoms with Crippen LogP contribution in [0, 0.1) is 11.6 Å². The van der Waals surface area contributed by atoms with Crippen molar-refractivity contribution >= 4 is 23.7 Å². The zero-order valence-electron chi connectivity index (χ0n) is 14.9. The Morgan fingerprint density at radius 3 is 2.61 bits per heavy atom. The molecule has 28 heavy (non-hydrogen) atoms. The highest BCUT2D eigenvalue weighted by molar-refractivity contribution is 6.33. The lowest BCUT2D eigenvalue weighted by Gasteiger charge is -2.41. The molecule has 1 saturated heterocycles. The average Bonchev–Trinajstić information content (AvgIpc) is 2.70. The minimum Gasteiger partial charge on any atom is -0.507 e. The van der Waals surface area contributed by atoms with Crippen molar-refractivity contribution in [3.05, 3.63) is 46.5 Å². The van der Waals surface area contributed by atoms with E-state index in [0.717, 1.165) is 12.5 Å². The summed E-state index contributed by atoms with van der Waals surface area (Å²) in [5.74, 6) is -1.84. The third-order valence-corrected chi connectivity index (χ3v) is 5.51. The highest BCUT2D eigenvalue weighted by atomic mass is 35.5. The van der Waals surface area contributed by atoms with Gasteiger partial charge in [0.15, 0.2) is 5.82 Å². The topological polar surface area (TPSA) is 67.8 Å². The molecular weight excluding hydrogens is 390 g/mol. The van der Waals surface area contributed by atoms with E-state index in [1.54, 1.807) is 11.0 Å². The smallest absolute Gasteiger partial charge is 0.209 e. The number of piperazine rings is 1. The first-order valence-corrected chi connectivity index (χ1v) is 9.29. The van der Waals surface area contributed by atoms with Crippen LogP contribution in [0.15, 0.2) is 24.3 Å². The number of halogens is 3. The number of nitrogens with one attached hydrogen (secondary N) is 2. The Hall–Kier alpha value is -2.42. The lowest BCUT2D eigenvalue weighted by Crippen LogP contribution is -2.52. The van der Waals surface area contributed by atoms with Crippen LogP contribution in [0.2, 0.25) is 5.02 Å². The zero-order valence-corrected chi connectivity index (χ0v) is 15.6. The molecule has 4 rings (SSSR count). The normalized spacial score (nSPS) is 19.8. The van der Waals surface area contributed by atoms with Gasteiger partial charge < -0.3 is 15.3 Å². The molecule has 0 saturated carbocycles. The monoisotopic (exact) mass is 408 g/mol. The first kappa shape index (κ1) is 18.9. The Balaban J connectivity index is 1.76. The molecule has 6 nitrogen and oxygen atoms in total. The fourth-order valence-electron chi connectivity index (χ4n) is 3.79. The Morgan fingerprint density at radius 1 is 1.18 bits per heavy atom. The van der Waals surface area contributed by atoms with Crippen LogP contribution in [0.25, 0.3) is 11.1 Å². The van der Waals surface area contributed by atoms with Gasteiger partial charge in [-0.1, -0.05) is 17.7 Å². The SMILES string of the molecule is O=CN1CCN(C2NCNc3c2cc(Cl)c(-c2c(O)cccc2F)c3F)CC1. The first-order chi connectivity index (χ1) is 13.5. The summed E-state index contributed by atoms with van der Waals surface area (Å²) in [5, 5.41) is 16.3. The summed E-state index contributed by atoms with van der Waals surface area (Å²) in [5.41, 5.74) is 0.399. The predicted molar refractivity (Wildman–Crippen MR) is 102 cm³/mol. The number of carbonyl (C=O) groups excluding carboxylic acids is 1. The molecule has 0 aliphatic carbocycles. The standard InChI is InChI=1S/C19H19ClF2N4O2/c20-12-8-11-18(17(22)15(12)16-13(21)2-1-3-14(16)28)23-9-24-19(11)26-6-4-25(10-27)5-7-26/h1-3,8,10,19,23-24,28H,4-7,9H2. The van der Waals surface area contributed by atoms with E-state index < -0.39 is 11.6 Å². The third-order valence-electron chi connectivity index (χ3n) is 5.21. The predicted octanol–water partition coefficient (Wildman–Crippen LogP) is 2.74. The summed E-state index contributed by atoms with van der Waals surface area (Å²) in [6, 6.07) is 5.37. The lowest BCUT2D eigenvalue weighted by molar-refractivity contribution is -0.120. The number of phenols is 1. The molecule has 2 heterocycles. The van der Waals surface area contributed by atoms with Crippen LogP contribution in [0.5, 0.6) is 5.75 Å². The molecule has 2 aliphatic heterocycles. The van der Waals surface area contributed by atoms with Gasteiger partial charge >= 0.3 is 0 Å². The molecule has 0 spiro atoms. The second-order valence-electron chi connectivity index (χ2n) is 6.78. The highest BCUT2D eigenvalue weighted by Gasteiger charge is 2.32. The quantitative estimate of drug-likeness (QED) is 0.681. The van der Waals surface area contributed by atoms with Crippen LogP contribution in [0.1, 0.15) is 11.7 Å². The van der Waals surface area contributed by atoms with Gasteiger partial charge in [0.05, 0.1) is 29.1 Å². The molecule has 2 aliphatic rings. The van der Waals surface area contributed by atoms with Crippen molar-refractivity contribution in [3.8, 4) is 16.9 Å². The van der Waals surface area contributed by atoms with E-state index in [4.69, 9.17) is 11.6 Å². The summed E-state index contributed by atoms with van der Waals surface area (Å²) in [6.07, 6.45) is 0.533. The summed E-state index contributed by atoms with van der Waals surface area (Å²) >= 11 is 6.35. The number of aromatic hydroxyl groups is 1. The molecule has 148 valence electrons. The van der Waals surface area contributed by atoms with E-state index in [-0.39, 0.29) is 33.8 Å². The number of phenolic OH excluding ortho intramolecular Hbond substituents is 1. The molecule has 1 unspecified atom stereocenters. The number of carbonyl (C=O) groups is 1. The molecule has 2 aromatic rings. The van der Waals surface area contributed by atoms with Crippen LogP contribution in [-0.2, 0) is 4.79 Å². The minimum absolute atomic E-state index is 0.0127. The zero-order chi connectivity index (χ0) is 19.8. The van der Waals surface area contributed by atoms with Crippen LogP contribution in [-0.4, -0.2) is 54.2 Å². The van der Waals surface area contributed by atoms with Gasteiger partial charge in [0.1, 0.15) is 11.6 Å². The van der Waals surface area contributed by atoms with Crippen molar-refractivity contribution in [2.75, 3.05) is 38.2 Å². The van der Waals surface area contributed by atoms with Gasteiger partial charge in [-0.05, 0) is 18.2 Å². The number of anilines is 1. The lowest BCUT2D eigenvalue weighted by atomic mass is 9.97. The molecule has 1 atom stereocenters. The van der Waals surface area contributed by atoms with Crippen LogP contribution < -0.4 is 10.6 Å². The summed E-state index contributed by atoms with van der Waals surface area (Å²) in [7, 11) is 0. The van der Waals surface area contributed by atoms with E-state index in [1.165, 1.54) is 12.1 Å². The van der Waals surface area contributed by atoms with Crippen molar-refractivity contribution in [3.63, 3.8) is 0 Å². The Labute approximate surface area is 165 Å². The van der Waals surface area contributed by atoms with Crippen molar-refractivity contribution in [1.82, 2.24) is 15.1 Å². The molecule has 2 aromatic carbocycles. The highest BCUT2D eigenvalue weighted by Crippen LogP contribution is 2.44. The maximum absolute atomic E-state index is 15.4. The molecule has 1 fully saturated rings. The number of hydrogen-bond donors (Lipinski definition) is 3. The molecule has 0 aromatic heterocycles. The van der Waals surface area contributed by atoms with Gasteiger partial charge in [-0.2, -0.15) is 0 Å². The maximum atomic E-state index is 15.4. The average molecular weight is 409 g/mol. The Morgan fingerprint density at radius 2 is 1.93 bits per heavy atom. The summed E-state index contributed by atoms with van der Waals surface area (Å²) in [4.78, 5) is 14.7. The summed E-state index contributed by atoms with van der Waals surface area (Å²) < 4.78 is 29.7. The number of rotatable bonds is 3. The van der Waals surface area contributed by atoms with Gasteiger partial charge in [-0.3, -0.25) is 15.0 Å². The van der Waals surface area contributed by atoms with E-state index in [2.05, 4.69) is 15.5 Å². The van der Waals surface area contributed by atoms with Crippen molar-refractivity contribution in [2.24, 2.45) is 0 Å². The Kier molecular flexibility index (Phi) is 5.09. The molecule has 1 amide bonds. The fraction of sp³-hybridized carbons (Fsp3) is 0.316. The van der Waals surface area contributed by atoms with E-state index in [0.29, 0.717) is 38.4 Å². The molecule has 0 radical (unpaired) electrons. The molecular formula is C19H19ClF2N4O2. The van der Waals surface area contributed by atoms with E-state index in [1.807, 2.05) is 0 Å². The van der Waals surface area contributed by atoms with Crippen LogP contribution >= 0.6 is 11.6 Å². The Bertz CT molecular complexity index is 899. The van der Waals surface area contributed by atoms with Crippen molar-refractivity contribution in [1.29, 1.82) is 0 Å². The van der Waals surface area contributed by atoms with Crippen LogP contribution in [0.3, 0.4) is 0 Å². The number of hydrogen-bond acceptors (Lipinski definition) is 5. The van der Waals surface area contributed by atoms with Gasteiger partial charge in [0, 0.05) is 37.3 Å². The summed E-state index contributed by atoms with van der Waals surface area (Å²) in [6.45, 7) is 2.74. The number of amides is 1. The maximum Gasteiger partial charge on any atom is 0.209 e. The minimum atomic E-state index is -0.754. The number of fused-ring (bicyclic) bond motifs is 1.